The number of fused-ring (bicyclic) bond motifs is 3. The monoisotopic (exact) mass is 370 g/mol. The summed E-state index contributed by atoms with van der Waals surface area (Å²) in [6.45, 7) is 4.93. The van der Waals surface area contributed by atoms with E-state index in [0.717, 1.165) is 53.4 Å². The van der Waals surface area contributed by atoms with Crippen LogP contribution in [0.1, 0.15) is 30.0 Å². The van der Waals surface area contributed by atoms with Crippen LogP contribution in [0.4, 0.5) is 5.69 Å². The zero-order chi connectivity index (χ0) is 19.4. The molecule has 0 amide bonds. The first-order chi connectivity index (χ1) is 13.8. The first-order valence-corrected chi connectivity index (χ1v) is 9.69. The molecule has 0 aromatic heterocycles. The average Bonchev–Trinajstić information content (AvgIpc) is 3.10. The fourth-order valence-corrected chi connectivity index (χ4v) is 3.82. The van der Waals surface area contributed by atoms with E-state index >= 15 is 0 Å². The first-order valence-electron chi connectivity index (χ1n) is 9.69. The number of hydrogen-bond donors (Lipinski definition) is 0. The maximum atomic E-state index is 5.83. The zero-order valence-electron chi connectivity index (χ0n) is 16.1. The van der Waals surface area contributed by atoms with Crippen molar-refractivity contribution in [3.05, 3.63) is 77.1 Å². The number of hydrogen-bond acceptors (Lipinski definition) is 3. The van der Waals surface area contributed by atoms with Crippen LogP contribution >= 0.6 is 0 Å². The van der Waals surface area contributed by atoms with E-state index in [1.54, 1.807) is 0 Å². The van der Waals surface area contributed by atoms with Gasteiger partial charge in [0.05, 0.1) is 24.1 Å². The van der Waals surface area contributed by atoms with Crippen molar-refractivity contribution in [3.63, 3.8) is 0 Å². The molecule has 0 spiro atoms. The second-order valence-electron chi connectivity index (χ2n) is 7.00. The van der Waals surface area contributed by atoms with Gasteiger partial charge in [0.25, 0.3) is 0 Å². The van der Waals surface area contributed by atoms with Crippen LogP contribution in [0.2, 0.25) is 0 Å². The smallest absolute Gasteiger partial charge is 0.200 e. The molecule has 1 unspecified atom stereocenters. The Morgan fingerprint density at radius 2 is 2.00 bits per heavy atom. The molecule has 28 heavy (non-hydrogen) atoms. The van der Waals surface area contributed by atoms with Crippen LogP contribution in [-0.2, 0) is 4.74 Å². The van der Waals surface area contributed by atoms with Crippen LogP contribution in [0.5, 0.6) is 0 Å². The van der Waals surface area contributed by atoms with Gasteiger partial charge in [-0.2, -0.15) is 0 Å². The predicted octanol–water partition coefficient (Wildman–Crippen LogP) is 4.14. The van der Waals surface area contributed by atoms with Crippen LogP contribution in [-0.4, -0.2) is 38.4 Å². The highest BCUT2D eigenvalue weighted by Crippen LogP contribution is 2.38. The van der Waals surface area contributed by atoms with Gasteiger partial charge in [-0.15, -0.1) is 6.42 Å². The minimum Gasteiger partial charge on any atom is -0.376 e. The van der Waals surface area contributed by atoms with E-state index in [0.29, 0.717) is 17.6 Å². The third kappa shape index (κ3) is 3.20. The van der Waals surface area contributed by atoms with Crippen molar-refractivity contribution in [3.8, 4) is 12.3 Å². The summed E-state index contributed by atoms with van der Waals surface area (Å²) >= 11 is 0. The molecule has 2 aromatic carbocycles. The Labute approximate surface area is 166 Å². The fraction of sp³-hybridized carbons (Fsp3) is 0.250. The minimum absolute atomic E-state index is 0.545. The Morgan fingerprint density at radius 3 is 2.79 bits per heavy atom. The molecule has 4 nitrogen and oxygen atoms in total. The summed E-state index contributed by atoms with van der Waals surface area (Å²) in [5.74, 6) is 2.77. The lowest BCUT2D eigenvalue weighted by atomic mass is 9.97. The molecule has 2 aliphatic heterocycles. The van der Waals surface area contributed by atoms with Gasteiger partial charge in [-0.25, -0.2) is 9.48 Å². The second kappa shape index (κ2) is 7.93. The van der Waals surface area contributed by atoms with Gasteiger partial charge in [-0.1, -0.05) is 43.2 Å². The van der Waals surface area contributed by atoms with Gasteiger partial charge >= 0.3 is 0 Å². The molecule has 0 bridgehead atoms. The van der Waals surface area contributed by atoms with Gasteiger partial charge in [0.15, 0.2) is 17.7 Å². The summed E-state index contributed by atoms with van der Waals surface area (Å²) in [4.78, 5) is 9.49. The lowest BCUT2D eigenvalue weighted by Crippen LogP contribution is -2.48. The van der Waals surface area contributed by atoms with E-state index in [4.69, 9.17) is 16.2 Å². The first kappa shape index (κ1) is 18.4. The van der Waals surface area contributed by atoms with E-state index in [-0.39, 0.29) is 0 Å². The minimum atomic E-state index is 0.545. The average molecular weight is 370 g/mol. The van der Waals surface area contributed by atoms with Crippen molar-refractivity contribution < 1.29 is 4.74 Å². The topological polar surface area (TPSA) is 34.0 Å². The molecule has 2 heterocycles. The van der Waals surface area contributed by atoms with E-state index in [1.165, 1.54) is 0 Å². The number of nitrogens with zero attached hydrogens (tertiary/aromatic N) is 3. The van der Waals surface area contributed by atoms with Gasteiger partial charge in [0.2, 0.25) is 0 Å². The second-order valence-corrected chi connectivity index (χ2v) is 7.00. The summed E-state index contributed by atoms with van der Waals surface area (Å²) in [7, 11) is 0. The standard InChI is InChI=1S/C24H24N3O/c1-3-13-28-14-12-27-18-25-16-21(27)17-26-24(20-8-6-5-7-9-20)22-15-19(4-2)10-11-23(22)27/h2,5-11,15-16,18H,3,12-14,17H2,1H3/q+1. The Hall–Kier alpha value is -3.00. The van der Waals surface area contributed by atoms with Crippen LogP contribution in [0.15, 0.2) is 70.4 Å². The van der Waals surface area contributed by atoms with Gasteiger partial charge in [-0.05, 0) is 18.6 Å². The summed E-state index contributed by atoms with van der Waals surface area (Å²) in [5, 5.41) is 0. The van der Waals surface area contributed by atoms with Crippen molar-refractivity contribution in [2.75, 3.05) is 26.3 Å². The molecule has 0 radical (unpaired) electrons. The van der Waals surface area contributed by atoms with E-state index < -0.39 is 0 Å². The normalized spacial score (nSPS) is 19.9. The van der Waals surface area contributed by atoms with E-state index in [2.05, 4.69) is 42.1 Å². The van der Waals surface area contributed by atoms with Crippen molar-refractivity contribution in [1.29, 1.82) is 0 Å². The Morgan fingerprint density at radius 1 is 1.14 bits per heavy atom. The lowest BCUT2D eigenvalue weighted by molar-refractivity contribution is 0.127. The summed E-state index contributed by atoms with van der Waals surface area (Å²) in [5.41, 5.74) is 6.29. The highest BCUT2D eigenvalue weighted by Gasteiger charge is 2.41. The van der Waals surface area contributed by atoms with Crippen molar-refractivity contribution >= 4 is 17.7 Å². The largest absolute Gasteiger partial charge is 0.376 e. The van der Waals surface area contributed by atoms with E-state index in [1.807, 2.05) is 36.8 Å². The van der Waals surface area contributed by atoms with Crippen molar-refractivity contribution in [2.45, 2.75) is 13.3 Å². The molecule has 0 fully saturated rings. The molecule has 4 heteroatoms. The van der Waals surface area contributed by atoms with Crippen molar-refractivity contribution in [2.24, 2.45) is 9.98 Å². The van der Waals surface area contributed by atoms with Crippen LogP contribution in [0, 0.1) is 12.3 Å². The predicted molar refractivity (Wildman–Crippen MR) is 116 cm³/mol. The third-order valence-corrected chi connectivity index (χ3v) is 5.23. The molecule has 0 N–H and O–H groups in total. The van der Waals surface area contributed by atoms with Crippen LogP contribution in [0.3, 0.4) is 0 Å². The Balaban J connectivity index is 1.84. The molecular formula is C24H24N3O+. The molecule has 2 aromatic rings. The number of terminal acetylenes is 1. The lowest BCUT2D eigenvalue weighted by Gasteiger charge is -2.32. The number of quaternary nitrogens is 1. The van der Waals surface area contributed by atoms with Crippen molar-refractivity contribution in [1.82, 2.24) is 4.48 Å². The number of aliphatic imine (C=N–C) groups is 2. The molecule has 0 saturated carbocycles. The zero-order valence-corrected chi connectivity index (χ0v) is 16.1. The molecular weight excluding hydrogens is 346 g/mol. The number of ether oxygens (including phenoxy) is 1. The molecule has 0 saturated heterocycles. The third-order valence-electron chi connectivity index (χ3n) is 5.23. The highest BCUT2D eigenvalue weighted by atomic mass is 16.5. The Kier molecular flexibility index (Phi) is 5.21. The molecule has 4 rings (SSSR count). The molecule has 140 valence electrons. The molecule has 2 aliphatic rings. The molecule has 0 aliphatic carbocycles. The summed E-state index contributed by atoms with van der Waals surface area (Å²) < 4.78 is 6.37. The van der Waals surface area contributed by atoms with Gasteiger partial charge in [-0.3, -0.25) is 4.99 Å². The summed E-state index contributed by atoms with van der Waals surface area (Å²) in [6, 6.07) is 16.5. The van der Waals surface area contributed by atoms with Crippen LogP contribution in [0.25, 0.3) is 0 Å². The van der Waals surface area contributed by atoms with Crippen LogP contribution < -0.4 is 4.48 Å². The van der Waals surface area contributed by atoms with Gasteiger partial charge in [0.1, 0.15) is 13.1 Å². The SMILES string of the molecule is C#Cc1ccc2c(c1)C(c1ccccc1)=NCC1=CN=C[N+]12CCOCCC. The quantitative estimate of drug-likeness (QED) is 0.428. The molecule has 1 atom stereocenters. The fourth-order valence-electron chi connectivity index (χ4n) is 3.82. The maximum absolute atomic E-state index is 5.83. The number of rotatable bonds is 6. The number of benzene rings is 2. The highest BCUT2D eigenvalue weighted by molar-refractivity contribution is 6.17. The maximum Gasteiger partial charge on any atom is 0.200 e. The Bertz CT molecular complexity index is 998. The van der Waals surface area contributed by atoms with Gasteiger partial charge in [0, 0.05) is 23.8 Å². The van der Waals surface area contributed by atoms with Gasteiger partial charge < -0.3 is 4.74 Å². The summed E-state index contributed by atoms with van der Waals surface area (Å²) in [6.07, 6.45) is 10.7. The van der Waals surface area contributed by atoms with E-state index in [9.17, 15) is 0 Å².